The number of nitrogens with two attached hydrogens (primary N) is 1. The standard InChI is InChI=1S/C20H21F2N5O2S/c21-15-7-14(10-24-25-20(23)30)8-16(22)19(15)27-5-3-26(4-6-27)11-13-1-2-17-18(9-13)29-12-28-17/h1-2,7-10H,3-6,11-12H2,(H3,23,25,30)/b24-10+. The van der Waals surface area contributed by atoms with Gasteiger partial charge in [0.1, 0.15) is 17.3 Å². The van der Waals surface area contributed by atoms with E-state index in [2.05, 4.69) is 27.6 Å². The average Bonchev–Trinajstić information content (AvgIpc) is 3.16. The molecule has 1 fully saturated rings. The lowest BCUT2D eigenvalue weighted by Crippen LogP contribution is -2.46. The number of ether oxygens (including phenoxy) is 2. The van der Waals surface area contributed by atoms with E-state index in [0.717, 1.165) is 23.6 Å². The van der Waals surface area contributed by atoms with E-state index in [-0.39, 0.29) is 23.2 Å². The molecular weight excluding hydrogens is 412 g/mol. The lowest BCUT2D eigenvalue weighted by molar-refractivity contribution is 0.174. The smallest absolute Gasteiger partial charge is 0.231 e. The topological polar surface area (TPSA) is 75.4 Å². The first-order valence-electron chi connectivity index (χ1n) is 9.43. The molecule has 0 aromatic heterocycles. The van der Waals surface area contributed by atoms with E-state index in [1.165, 1.54) is 18.3 Å². The second-order valence-corrected chi connectivity index (χ2v) is 7.46. The van der Waals surface area contributed by atoms with Crippen molar-refractivity contribution in [3.63, 3.8) is 0 Å². The molecule has 4 rings (SSSR count). The molecule has 2 aliphatic heterocycles. The second kappa shape index (κ2) is 8.80. The molecule has 2 aliphatic rings. The summed E-state index contributed by atoms with van der Waals surface area (Å²) >= 11 is 4.62. The normalized spacial score (nSPS) is 16.3. The predicted molar refractivity (Wildman–Crippen MR) is 114 cm³/mol. The van der Waals surface area contributed by atoms with Crippen LogP contribution in [0.25, 0.3) is 0 Å². The number of nitrogens with one attached hydrogen (secondary N) is 1. The Hall–Kier alpha value is -2.98. The van der Waals surface area contributed by atoms with Crippen molar-refractivity contribution in [3.05, 3.63) is 53.1 Å². The number of benzene rings is 2. The number of piperazine rings is 1. The van der Waals surface area contributed by atoms with Crippen molar-refractivity contribution < 1.29 is 18.3 Å². The van der Waals surface area contributed by atoms with Gasteiger partial charge in [-0.05, 0) is 42.0 Å². The van der Waals surface area contributed by atoms with Gasteiger partial charge in [0.25, 0.3) is 0 Å². The fourth-order valence-electron chi connectivity index (χ4n) is 3.56. The third-order valence-corrected chi connectivity index (χ3v) is 5.05. The molecule has 1 saturated heterocycles. The number of hydrogen-bond donors (Lipinski definition) is 2. The highest BCUT2D eigenvalue weighted by Crippen LogP contribution is 2.33. The lowest BCUT2D eigenvalue weighted by atomic mass is 10.1. The van der Waals surface area contributed by atoms with Gasteiger partial charge in [0.15, 0.2) is 16.6 Å². The average molecular weight is 433 g/mol. The number of anilines is 1. The van der Waals surface area contributed by atoms with Gasteiger partial charge in [-0.2, -0.15) is 5.10 Å². The van der Waals surface area contributed by atoms with E-state index < -0.39 is 11.6 Å². The zero-order valence-electron chi connectivity index (χ0n) is 16.1. The van der Waals surface area contributed by atoms with E-state index >= 15 is 0 Å². The van der Waals surface area contributed by atoms with Gasteiger partial charge < -0.3 is 20.1 Å². The van der Waals surface area contributed by atoms with Crippen LogP contribution < -0.4 is 25.5 Å². The fraction of sp³-hybridized carbons (Fsp3) is 0.300. The van der Waals surface area contributed by atoms with E-state index in [1.54, 1.807) is 4.90 Å². The molecule has 0 radical (unpaired) electrons. The van der Waals surface area contributed by atoms with Crippen LogP contribution in [0.3, 0.4) is 0 Å². The molecule has 0 spiro atoms. The van der Waals surface area contributed by atoms with Crippen LogP contribution in [0.1, 0.15) is 11.1 Å². The first-order valence-corrected chi connectivity index (χ1v) is 9.84. The van der Waals surface area contributed by atoms with E-state index in [9.17, 15) is 8.78 Å². The largest absolute Gasteiger partial charge is 0.454 e. The Morgan fingerprint density at radius 1 is 1.10 bits per heavy atom. The van der Waals surface area contributed by atoms with E-state index in [0.29, 0.717) is 26.2 Å². The van der Waals surface area contributed by atoms with Crippen LogP contribution in [0.15, 0.2) is 35.4 Å². The fourth-order valence-corrected chi connectivity index (χ4v) is 3.61. The number of fused-ring (bicyclic) bond motifs is 1. The predicted octanol–water partition coefficient (Wildman–Crippen LogP) is 2.18. The molecule has 0 atom stereocenters. The van der Waals surface area contributed by atoms with Gasteiger partial charge in [-0.3, -0.25) is 10.3 Å². The third-order valence-electron chi connectivity index (χ3n) is 4.96. The Kier molecular flexibility index (Phi) is 5.96. The maximum absolute atomic E-state index is 14.6. The molecule has 2 aromatic rings. The van der Waals surface area contributed by atoms with Crippen molar-refractivity contribution in [1.82, 2.24) is 10.3 Å². The monoisotopic (exact) mass is 433 g/mol. The minimum absolute atomic E-state index is 0.0165. The minimum atomic E-state index is -0.629. The summed E-state index contributed by atoms with van der Waals surface area (Å²) in [6, 6.07) is 8.36. The zero-order chi connectivity index (χ0) is 21.1. The highest BCUT2D eigenvalue weighted by atomic mass is 32.1. The van der Waals surface area contributed by atoms with Gasteiger partial charge in [-0.25, -0.2) is 8.78 Å². The molecule has 3 N–H and O–H groups in total. The SMILES string of the molecule is NC(=S)N/N=C/c1cc(F)c(N2CCN(Cc3ccc4c(c3)OCO4)CC2)c(F)c1. The molecule has 0 bridgehead atoms. The zero-order valence-corrected chi connectivity index (χ0v) is 16.9. The summed E-state index contributed by atoms with van der Waals surface area (Å²) in [5, 5.41) is 3.70. The molecule has 2 aromatic carbocycles. The van der Waals surface area contributed by atoms with Crippen molar-refractivity contribution in [1.29, 1.82) is 0 Å². The van der Waals surface area contributed by atoms with Crippen LogP contribution >= 0.6 is 12.2 Å². The van der Waals surface area contributed by atoms with Crippen LogP contribution in [0.2, 0.25) is 0 Å². The van der Waals surface area contributed by atoms with E-state index in [4.69, 9.17) is 15.2 Å². The van der Waals surface area contributed by atoms with Gasteiger partial charge in [-0.15, -0.1) is 0 Å². The van der Waals surface area contributed by atoms with Gasteiger partial charge in [0, 0.05) is 38.3 Å². The molecule has 158 valence electrons. The molecule has 0 unspecified atom stereocenters. The molecule has 2 heterocycles. The Morgan fingerprint density at radius 2 is 1.80 bits per heavy atom. The minimum Gasteiger partial charge on any atom is -0.454 e. The Balaban J connectivity index is 1.37. The summed E-state index contributed by atoms with van der Waals surface area (Å²) in [5.41, 5.74) is 8.98. The summed E-state index contributed by atoms with van der Waals surface area (Å²) in [6.07, 6.45) is 1.26. The van der Waals surface area contributed by atoms with Crippen LogP contribution in [0.4, 0.5) is 14.5 Å². The molecule has 30 heavy (non-hydrogen) atoms. The number of rotatable bonds is 5. The molecule has 7 nitrogen and oxygen atoms in total. The Morgan fingerprint density at radius 3 is 2.50 bits per heavy atom. The van der Waals surface area contributed by atoms with Crippen molar-refractivity contribution in [2.45, 2.75) is 6.54 Å². The summed E-state index contributed by atoms with van der Waals surface area (Å²) in [5.74, 6) is 0.249. The number of hydrogen-bond acceptors (Lipinski definition) is 6. The molecular formula is C20H21F2N5O2S. The van der Waals surface area contributed by atoms with Gasteiger partial charge in [0.05, 0.1) is 6.21 Å². The highest BCUT2D eigenvalue weighted by Gasteiger charge is 2.23. The van der Waals surface area contributed by atoms with Crippen LogP contribution in [-0.2, 0) is 6.54 Å². The van der Waals surface area contributed by atoms with Gasteiger partial charge in [-0.1, -0.05) is 6.07 Å². The highest BCUT2D eigenvalue weighted by molar-refractivity contribution is 7.80. The summed E-state index contributed by atoms with van der Waals surface area (Å²) in [4.78, 5) is 3.97. The summed E-state index contributed by atoms with van der Waals surface area (Å²) < 4.78 is 39.9. The van der Waals surface area contributed by atoms with Crippen LogP contribution in [-0.4, -0.2) is 49.2 Å². The van der Waals surface area contributed by atoms with Gasteiger partial charge in [0.2, 0.25) is 6.79 Å². The van der Waals surface area contributed by atoms with Crippen molar-refractivity contribution in [2.24, 2.45) is 10.8 Å². The summed E-state index contributed by atoms with van der Waals surface area (Å²) in [6.45, 7) is 3.41. The molecule has 10 heteroatoms. The number of nitrogens with zero attached hydrogens (tertiary/aromatic N) is 3. The molecule has 0 saturated carbocycles. The van der Waals surface area contributed by atoms with Crippen molar-refractivity contribution in [2.75, 3.05) is 37.9 Å². The number of halogens is 2. The number of hydrazone groups is 1. The first kappa shape index (κ1) is 20.3. The Labute approximate surface area is 178 Å². The quantitative estimate of drug-likeness (QED) is 0.425. The van der Waals surface area contributed by atoms with Crippen LogP contribution in [0, 0.1) is 11.6 Å². The Bertz CT molecular complexity index is 957. The maximum Gasteiger partial charge on any atom is 0.231 e. The molecule has 0 amide bonds. The maximum atomic E-state index is 14.6. The first-order chi connectivity index (χ1) is 14.5. The lowest BCUT2D eigenvalue weighted by Gasteiger charge is -2.36. The molecule has 0 aliphatic carbocycles. The summed E-state index contributed by atoms with van der Waals surface area (Å²) in [7, 11) is 0. The van der Waals surface area contributed by atoms with Crippen LogP contribution in [0.5, 0.6) is 11.5 Å². The van der Waals surface area contributed by atoms with Crippen molar-refractivity contribution >= 4 is 29.2 Å². The number of thiocarbonyl (C=S) groups is 1. The van der Waals surface area contributed by atoms with Crippen molar-refractivity contribution in [3.8, 4) is 11.5 Å². The second-order valence-electron chi connectivity index (χ2n) is 7.02. The van der Waals surface area contributed by atoms with E-state index in [1.807, 2.05) is 18.2 Å². The third kappa shape index (κ3) is 4.60. The van der Waals surface area contributed by atoms with Gasteiger partial charge >= 0.3 is 0 Å².